The summed E-state index contributed by atoms with van der Waals surface area (Å²) in [5.74, 6) is -2.42. The number of anilines is 1. The molecule has 0 aromatic heterocycles. The number of amides is 1. The average molecular weight is 339 g/mol. The minimum absolute atomic E-state index is 0.0571. The second-order valence-corrected chi connectivity index (χ2v) is 7.59. The molecule has 25 heavy (non-hydrogen) atoms. The predicted molar refractivity (Wildman–Crippen MR) is 85.9 cm³/mol. The van der Waals surface area contributed by atoms with Gasteiger partial charge in [-0.15, -0.1) is 0 Å². The van der Waals surface area contributed by atoms with Crippen molar-refractivity contribution in [3.05, 3.63) is 42.0 Å². The fourth-order valence-electron chi connectivity index (χ4n) is 5.86. The summed E-state index contributed by atoms with van der Waals surface area (Å²) in [4.78, 5) is 27.0. The van der Waals surface area contributed by atoms with Gasteiger partial charge in [-0.2, -0.15) is 0 Å². The number of ether oxygens (including phenoxy) is 2. The zero-order valence-corrected chi connectivity index (χ0v) is 13.4. The Morgan fingerprint density at radius 3 is 3.00 bits per heavy atom. The molecule has 1 spiro atoms. The number of carbonyl (C=O) groups excluding carboxylic acids is 1. The molecule has 0 aliphatic carbocycles. The van der Waals surface area contributed by atoms with Crippen LogP contribution in [0.25, 0.3) is 0 Å². The molecule has 1 N–H and O–H groups in total. The van der Waals surface area contributed by atoms with Crippen LogP contribution in [0.2, 0.25) is 0 Å². The molecule has 1 aromatic rings. The van der Waals surface area contributed by atoms with Gasteiger partial charge in [0.05, 0.1) is 24.2 Å². The lowest BCUT2D eigenvalue weighted by molar-refractivity contribution is -0.146. The minimum atomic E-state index is -0.957. The lowest BCUT2D eigenvalue weighted by Gasteiger charge is -2.43. The monoisotopic (exact) mass is 339 g/mol. The van der Waals surface area contributed by atoms with Crippen molar-refractivity contribution in [1.29, 1.82) is 0 Å². The quantitative estimate of drug-likeness (QED) is 0.785. The third-order valence-electron chi connectivity index (χ3n) is 6.66. The summed E-state index contributed by atoms with van der Waals surface area (Å²) >= 11 is 0. The molecule has 0 saturated carbocycles. The Bertz CT molecular complexity index is 850. The van der Waals surface area contributed by atoms with Gasteiger partial charge in [0.2, 0.25) is 5.91 Å². The maximum atomic E-state index is 13.4. The number of rotatable bonds is 1. The van der Waals surface area contributed by atoms with Crippen molar-refractivity contribution in [2.24, 2.45) is 17.8 Å². The number of carboxylic acids is 1. The number of carbonyl (C=O) groups is 2. The van der Waals surface area contributed by atoms with Crippen molar-refractivity contribution in [3.8, 4) is 0 Å². The van der Waals surface area contributed by atoms with Gasteiger partial charge in [0.25, 0.3) is 0 Å². The fraction of sp³-hybridized carbons (Fsp3) is 0.474. The maximum absolute atomic E-state index is 13.4. The van der Waals surface area contributed by atoms with Crippen LogP contribution < -0.4 is 4.90 Å². The Labute approximate surface area is 144 Å². The van der Waals surface area contributed by atoms with E-state index in [0.717, 1.165) is 17.7 Å². The summed E-state index contributed by atoms with van der Waals surface area (Å²) in [6.45, 7) is 0.651. The van der Waals surface area contributed by atoms with E-state index in [1.807, 2.05) is 41.3 Å². The summed E-state index contributed by atoms with van der Waals surface area (Å²) in [7, 11) is 0. The smallest absolute Gasteiger partial charge is 0.310 e. The van der Waals surface area contributed by atoms with Crippen molar-refractivity contribution in [2.75, 3.05) is 11.5 Å². The molecule has 3 saturated heterocycles. The van der Waals surface area contributed by atoms with Gasteiger partial charge >= 0.3 is 5.97 Å². The van der Waals surface area contributed by atoms with Gasteiger partial charge < -0.3 is 19.5 Å². The normalized spacial score (nSPS) is 45.3. The summed E-state index contributed by atoms with van der Waals surface area (Å²) in [5, 5.41) is 9.70. The van der Waals surface area contributed by atoms with Crippen LogP contribution in [-0.2, 0) is 19.1 Å². The third kappa shape index (κ3) is 1.42. The van der Waals surface area contributed by atoms with Crippen molar-refractivity contribution >= 4 is 17.6 Å². The lowest BCUT2D eigenvalue weighted by atomic mass is 9.70. The first kappa shape index (κ1) is 14.0. The summed E-state index contributed by atoms with van der Waals surface area (Å²) in [6, 6.07) is 7.61. The minimum Gasteiger partial charge on any atom is -0.481 e. The zero-order valence-electron chi connectivity index (χ0n) is 13.4. The molecule has 1 aromatic carbocycles. The van der Waals surface area contributed by atoms with Crippen molar-refractivity contribution in [2.45, 2.75) is 30.3 Å². The number of para-hydroxylation sites is 1. The molecule has 2 bridgehead atoms. The highest BCUT2D eigenvalue weighted by atomic mass is 16.5. The van der Waals surface area contributed by atoms with Crippen molar-refractivity contribution in [3.63, 3.8) is 0 Å². The molecule has 3 fully saturated rings. The number of fused-ring (bicyclic) bond motifs is 7. The van der Waals surface area contributed by atoms with E-state index in [1.165, 1.54) is 0 Å². The van der Waals surface area contributed by atoms with Gasteiger partial charge in [0, 0.05) is 23.8 Å². The highest BCUT2D eigenvalue weighted by Crippen LogP contribution is 2.62. The van der Waals surface area contributed by atoms with Crippen molar-refractivity contribution in [1.82, 2.24) is 0 Å². The van der Waals surface area contributed by atoms with E-state index in [2.05, 4.69) is 0 Å². The Hall–Kier alpha value is -2.18. The highest BCUT2D eigenvalue weighted by Gasteiger charge is 2.74. The molecule has 5 aliphatic heterocycles. The summed E-state index contributed by atoms with van der Waals surface area (Å²) in [6.07, 6.45) is 4.07. The SMILES string of the molecule is O=C(O)[C@@H]1[C@H]2C(=O)N3c4ccccc4[C@H]4OCC[C@H]4[C@@H]3[C@]23C=C[C@H]1O3. The van der Waals surface area contributed by atoms with E-state index in [4.69, 9.17) is 9.47 Å². The molecule has 6 nitrogen and oxygen atoms in total. The zero-order chi connectivity index (χ0) is 16.9. The van der Waals surface area contributed by atoms with E-state index in [1.54, 1.807) is 0 Å². The number of carboxylic acid groups (broad SMARTS) is 1. The number of hydrogen-bond donors (Lipinski definition) is 1. The predicted octanol–water partition coefficient (Wildman–Crippen LogP) is 1.52. The fourth-order valence-corrected chi connectivity index (χ4v) is 5.86. The first-order valence-electron chi connectivity index (χ1n) is 8.77. The van der Waals surface area contributed by atoms with E-state index < -0.39 is 29.5 Å². The van der Waals surface area contributed by atoms with Crippen molar-refractivity contribution < 1.29 is 24.2 Å². The molecule has 7 atom stereocenters. The number of nitrogens with zero attached hydrogens (tertiary/aromatic N) is 1. The maximum Gasteiger partial charge on any atom is 0.310 e. The third-order valence-corrected chi connectivity index (χ3v) is 6.66. The van der Waals surface area contributed by atoms with Crippen LogP contribution in [0.1, 0.15) is 18.1 Å². The van der Waals surface area contributed by atoms with Gasteiger partial charge in [-0.25, -0.2) is 0 Å². The first-order valence-corrected chi connectivity index (χ1v) is 8.77. The summed E-state index contributed by atoms with van der Waals surface area (Å²) < 4.78 is 12.2. The number of aliphatic carboxylic acids is 1. The van der Waals surface area contributed by atoms with Gasteiger partial charge in [-0.3, -0.25) is 9.59 Å². The molecule has 1 amide bonds. The number of benzene rings is 1. The highest BCUT2D eigenvalue weighted by molar-refractivity contribution is 6.04. The van der Waals surface area contributed by atoms with E-state index in [-0.39, 0.29) is 24.0 Å². The van der Waals surface area contributed by atoms with Crippen LogP contribution in [0.15, 0.2) is 36.4 Å². The van der Waals surface area contributed by atoms with Gasteiger partial charge in [-0.05, 0) is 12.5 Å². The average Bonchev–Trinajstić information content (AvgIpc) is 3.35. The Morgan fingerprint density at radius 2 is 2.16 bits per heavy atom. The van der Waals surface area contributed by atoms with E-state index in [9.17, 15) is 14.7 Å². The summed E-state index contributed by atoms with van der Waals surface area (Å²) in [5.41, 5.74) is 1.03. The molecule has 6 rings (SSSR count). The Kier molecular flexibility index (Phi) is 2.42. The molecule has 0 radical (unpaired) electrons. The molecule has 5 aliphatic rings. The Balaban J connectivity index is 1.59. The first-order chi connectivity index (χ1) is 12.1. The second-order valence-electron chi connectivity index (χ2n) is 7.59. The molecular formula is C19H17NO5. The van der Waals surface area contributed by atoms with E-state index in [0.29, 0.717) is 6.61 Å². The van der Waals surface area contributed by atoms with Gasteiger partial charge in [-0.1, -0.05) is 30.4 Å². The second kappa shape index (κ2) is 4.31. The molecule has 0 unspecified atom stereocenters. The largest absolute Gasteiger partial charge is 0.481 e. The van der Waals surface area contributed by atoms with Crippen LogP contribution in [0.4, 0.5) is 5.69 Å². The standard InChI is InChI=1S/C19H17NO5/c21-17-14-13(18(22)23)12-5-7-19(14,25-12)16-10-6-8-24-15(10)9-3-1-2-4-11(9)20(16)17/h1-5,7,10,12-16H,6,8H2,(H,22,23)/t10-,12-,13+,14+,15-,16-,19+/m1/s1. The van der Waals surface area contributed by atoms with Crippen LogP contribution in [0, 0.1) is 17.8 Å². The van der Waals surface area contributed by atoms with Gasteiger partial charge in [0.15, 0.2) is 0 Å². The van der Waals surface area contributed by atoms with E-state index >= 15 is 0 Å². The number of hydrogen-bond acceptors (Lipinski definition) is 4. The van der Waals surface area contributed by atoms with Crippen LogP contribution >= 0.6 is 0 Å². The molecule has 5 heterocycles. The van der Waals surface area contributed by atoms with Crippen LogP contribution in [0.3, 0.4) is 0 Å². The molecular weight excluding hydrogens is 322 g/mol. The Morgan fingerprint density at radius 1 is 1.32 bits per heavy atom. The molecule has 6 heteroatoms. The topological polar surface area (TPSA) is 76.1 Å². The lowest BCUT2D eigenvalue weighted by Crippen LogP contribution is -2.53. The van der Waals surface area contributed by atoms with Crippen LogP contribution in [-0.4, -0.2) is 41.3 Å². The van der Waals surface area contributed by atoms with Crippen LogP contribution in [0.5, 0.6) is 0 Å². The van der Waals surface area contributed by atoms with Gasteiger partial charge in [0.1, 0.15) is 11.5 Å². The molecule has 128 valence electrons.